The predicted octanol–water partition coefficient (Wildman–Crippen LogP) is 2.01. The third-order valence-corrected chi connectivity index (χ3v) is 3.99. The van der Waals surface area contributed by atoms with Gasteiger partial charge in [-0.3, -0.25) is 4.79 Å². The van der Waals surface area contributed by atoms with Gasteiger partial charge in [-0.15, -0.1) is 0 Å². The number of benzene rings is 1. The Morgan fingerprint density at radius 2 is 1.88 bits per heavy atom. The molecule has 0 atom stereocenters. The molecule has 0 spiro atoms. The molecular weight excluding hydrogens is 325 g/mol. The maximum atomic E-state index is 12.4. The van der Waals surface area contributed by atoms with Gasteiger partial charge in [-0.25, -0.2) is 0 Å². The van der Waals surface area contributed by atoms with Gasteiger partial charge in [0.25, 0.3) is 5.91 Å². The van der Waals surface area contributed by atoms with Crippen LogP contribution in [0.3, 0.4) is 0 Å². The molecule has 1 heterocycles. The Bertz CT molecular complexity index is 540. The minimum absolute atomic E-state index is 0.133. The van der Waals surface area contributed by atoms with E-state index in [1.807, 2.05) is 0 Å². The maximum Gasteiger partial charge on any atom is 0.422 e. The van der Waals surface area contributed by atoms with Crippen LogP contribution in [0.5, 0.6) is 5.75 Å². The van der Waals surface area contributed by atoms with Gasteiger partial charge >= 0.3 is 6.18 Å². The number of alkyl halides is 3. The molecule has 1 aliphatic heterocycles. The summed E-state index contributed by atoms with van der Waals surface area (Å²) in [6, 6.07) is 6.13. The quantitative estimate of drug-likeness (QED) is 0.827. The lowest BCUT2D eigenvalue weighted by atomic mass is 9.91. The van der Waals surface area contributed by atoms with Gasteiger partial charge in [0, 0.05) is 13.7 Å². The highest BCUT2D eigenvalue weighted by Crippen LogP contribution is 2.23. The van der Waals surface area contributed by atoms with Crippen molar-refractivity contribution in [3.63, 3.8) is 0 Å². The van der Waals surface area contributed by atoms with Crippen molar-refractivity contribution in [2.45, 2.75) is 31.2 Å². The number of amides is 1. The second-order valence-corrected chi connectivity index (χ2v) is 5.68. The van der Waals surface area contributed by atoms with Gasteiger partial charge in [0.05, 0.1) is 0 Å². The normalized spacial score (nSPS) is 17.3. The molecular formula is C16H21F3N2O3. The average Bonchev–Trinajstić information content (AvgIpc) is 2.58. The third kappa shape index (κ3) is 5.10. The minimum Gasteiger partial charge on any atom is -0.484 e. The molecule has 5 nitrogen and oxygen atoms in total. The molecule has 2 rings (SSSR count). The van der Waals surface area contributed by atoms with Crippen LogP contribution in [-0.4, -0.2) is 44.5 Å². The first-order valence-corrected chi connectivity index (χ1v) is 7.67. The zero-order valence-corrected chi connectivity index (χ0v) is 13.4. The summed E-state index contributed by atoms with van der Waals surface area (Å²) in [4.78, 5) is 12.4. The van der Waals surface area contributed by atoms with Gasteiger partial charge in [0.15, 0.2) is 6.61 Å². The van der Waals surface area contributed by atoms with E-state index < -0.39 is 18.4 Å². The number of hydrogen-bond donors (Lipinski definition) is 2. The van der Waals surface area contributed by atoms with Gasteiger partial charge in [0.1, 0.15) is 11.4 Å². The molecule has 0 bridgehead atoms. The van der Waals surface area contributed by atoms with E-state index in [4.69, 9.17) is 4.74 Å². The fraction of sp³-hybridized carbons (Fsp3) is 0.562. The van der Waals surface area contributed by atoms with Gasteiger partial charge in [-0.2, -0.15) is 13.2 Å². The molecule has 0 unspecified atom stereocenters. The Morgan fingerprint density at radius 1 is 1.25 bits per heavy atom. The summed E-state index contributed by atoms with van der Waals surface area (Å²) in [5.74, 6) is -0.0435. The number of halogens is 3. The second kappa shape index (κ2) is 7.85. The number of ether oxygens (including phenoxy) is 2. The van der Waals surface area contributed by atoms with E-state index in [1.165, 1.54) is 19.2 Å². The number of hydrogen-bond acceptors (Lipinski definition) is 4. The largest absolute Gasteiger partial charge is 0.484 e. The molecule has 0 radical (unpaired) electrons. The lowest BCUT2D eigenvalue weighted by Gasteiger charge is -2.34. The molecule has 2 N–H and O–H groups in total. The zero-order valence-electron chi connectivity index (χ0n) is 13.4. The molecule has 134 valence electrons. The number of piperidine rings is 1. The van der Waals surface area contributed by atoms with Crippen molar-refractivity contribution in [1.29, 1.82) is 0 Å². The smallest absolute Gasteiger partial charge is 0.422 e. The standard InChI is InChI=1S/C16H21F3N2O3/c1-23-15(6-8-20-9-7-15)14(22)21-10-12-2-4-13(5-3-12)24-11-16(17,18)19/h2-5,20H,6-11H2,1H3,(H,21,22). The van der Waals surface area contributed by atoms with Crippen molar-refractivity contribution < 1.29 is 27.4 Å². The molecule has 24 heavy (non-hydrogen) atoms. The monoisotopic (exact) mass is 346 g/mol. The number of carbonyl (C=O) groups excluding carboxylic acids is 1. The SMILES string of the molecule is COC1(C(=O)NCc2ccc(OCC(F)(F)F)cc2)CCNCC1. The topological polar surface area (TPSA) is 59.6 Å². The van der Waals surface area contributed by atoms with Crippen molar-refractivity contribution >= 4 is 5.91 Å². The van der Waals surface area contributed by atoms with Crippen molar-refractivity contribution in [3.8, 4) is 5.75 Å². The van der Waals surface area contributed by atoms with Crippen LogP contribution >= 0.6 is 0 Å². The van der Waals surface area contributed by atoms with Gasteiger partial charge in [0.2, 0.25) is 0 Å². The van der Waals surface area contributed by atoms with Crippen LogP contribution < -0.4 is 15.4 Å². The van der Waals surface area contributed by atoms with Gasteiger partial charge in [-0.1, -0.05) is 12.1 Å². The average molecular weight is 346 g/mol. The fourth-order valence-corrected chi connectivity index (χ4v) is 2.57. The Kier molecular flexibility index (Phi) is 6.06. The molecule has 1 aromatic rings. The first-order valence-electron chi connectivity index (χ1n) is 7.67. The minimum atomic E-state index is -4.37. The summed E-state index contributed by atoms with van der Waals surface area (Å²) < 4.78 is 46.3. The highest BCUT2D eigenvalue weighted by molar-refractivity contribution is 5.85. The predicted molar refractivity (Wildman–Crippen MR) is 81.7 cm³/mol. The number of rotatable bonds is 6. The molecule has 1 amide bonds. The number of nitrogens with one attached hydrogen (secondary N) is 2. The van der Waals surface area contributed by atoms with Crippen LogP contribution in [0.25, 0.3) is 0 Å². The molecule has 1 saturated heterocycles. The number of carbonyl (C=O) groups is 1. The molecule has 1 aliphatic rings. The third-order valence-electron chi connectivity index (χ3n) is 3.99. The summed E-state index contributed by atoms with van der Waals surface area (Å²) >= 11 is 0. The van der Waals surface area contributed by atoms with E-state index >= 15 is 0 Å². The van der Waals surface area contributed by atoms with Crippen molar-refractivity contribution in [3.05, 3.63) is 29.8 Å². The summed E-state index contributed by atoms with van der Waals surface area (Å²) in [5.41, 5.74) is -0.0519. The summed E-state index contributed by atoms with van der Waals surface area (Å²) in [7, 11) is 1.53. The van der Waals surface area contributed by atoms with E-state index in [2.05, 4.69) is 15.4 Å². The maximum absolute atomic E-state index is 12.4. The van der Waals surface area contributed by atoms with Crippen molar-refractivity contribution in [2.24, 2.45) is 0 Å². The lowest BCUT2D eigenvalue weighted by molar-refractivity contribution is -0.153. The Labute approximate surface area is 138 Å². The van der Waals surface area contributed by atoms with Crippen molar-refractivity contribution in [2.75, 3.05) is 26.8 Å². The van der Waals surface area contributed by atoms with E-state index in [9.17, 15) is 18.0 Å². The Balaban J connectivity index is 1.86. The number of methoxy groups -OCH3 is 1. The van der Waals surface area contributed by atoms with E-state index in [1.54, 1.807) is 12.1 Å². The van der Waals surface area contributed by atoms with Gasteiger partial charge < -0.3 is 20.1 Å². The Morgan fingerprint density at radius 3 is 2.42 bits per heavy atom. The summed E-state index contributed by atoms with van der Waals surface area (Å²) in [6.45, 7) is 0.378. The first-order chi connectivity index (χ1) is 11.3. The van der Waals surface area contributed by atoms with Crippen LogP contribution in [0.1, 0.15) is 18.4 Å². The molecule has 0 aliphatic carbocycles. The van der Waals surface area contributed by atoms with E-state index in [0.29, 0.717) is 25.9 Å². The summed E-state index contributed by atoms with van der Waals surface area (Å²) in [6.07, 6.45) is -3.17. The molecule has 0 aromatic heterocycles. The fourth-order valence-electron chi connectivity index (χ4n) is 2.57. The highest BCUT2D eigenvalue weighted by atomic mass is 19.4. The molecule has 0 saturated carbocycles. The van der Waals surface area contributed by atoms with Crippen LogP contribution in [0, 0.1) is 0 Å². The first kappa shape index (κ1) is 18.5. The second-order valence-electron chi connectivity index (χ2n) is 5.68. The lowest BCUT2D eigenvalue weighted by Crippen LogP contribution is -2.53. The van der Waals surface area contributed by atoms with Crippen LogP contribution in [0.4, 0.5) is 13.2 Å². The zero-order chi connectivity index (χ0) is 17.6. The van der Waals surface area contributed by atoms with E-state index in [-0.39, 0.29) is 18.2 Å². The highest BCUT2D eigenvalue weighted by Gasteiger charge is 2.39. The van der Waals surface area contributed by atoms with Crippen LogP contribution in [-0.2, 0) is 16.1 Å². The van der Waals surface area contributed by atoms with Gasteiger partial charge in [-0.05, 0) is 43.6 Å². The molecule has 1 fully saturated rings. The van der Waals surface area contributed by atoms with E-state index in [0.717, 1.165) is 5.56 Å². The summed E-state index contributed by atoms with van der Waals surface area (Å²) in [5, 5.41) is 6.00. The van der Waals surface area contributed by atoms with Crippen LogP contribution in [0.15, 0.2) is 24.3 Å². The molecule has 1 aromatic carbocycles. The van der Waals surface area contributed by atoms with Crippen molar-refractivity contribution in [1.82, 2.24) is 10.6 Å². The van der Waals surface area contributed by atoms with Crippen LogP contribution in [0.2, 0.25) is 0 Å². The molecule has 8 heteroatoms. The Hall–Kier alpha value is -1.80.